The van der Waals surface area contributed by atoms with Gasteiger partial charge in [0, 0.05) is 12.6 Å². The molecule has 0 N–H and O–H groups in total. The van der Waals surface area contributed by atoms with Crippen LogP contribution in [0.1, 0.15) is 182 Å². The van der Waals surface area contributed by atoms with Crippen molar-refractivity contribution in [3.05, 3.63) is 0 Å². The van der Waals surface area contributed by atoms with Crippen LogP contribution in [0.25, 0.3) is 0 Å². The first-order chi connectivity index (χ1) is 21.2. The van der Waals surface area contributed by atoms with Crippen LogP contribution in [0.5, 0.6) is 0 Å². The lowest BCUT2D eigenvalue weighted by atomic mass is 9.95. The van der Waals surface area contributed by atoms with Crippen molar-refractivity contribution in [1.82, 2.24) is 9.21 Å². The van der Waals surface area contributed by atoms with Crippen LogP contribution in [-0.4, -0.2) is 69.2 Å². The third-order valence-corrected chi connectivity index (χ3v) is 11.0. The molecule has 7 heteroatoms. The van der Waals surface area contributed by atoms with E-state index in [4.69, 9.17) is 4.74 Å². The number of hydrogen-bond donors (Lipinski definition) is 0. The van der Waals surface area contributed by atoms with Crippen molar-refractivity contribution in [2.75, 3.05) is 39.5 Å². The van der Waals surface area contributed by atoms with Crippen LogP contribution in [0, 0.1) is 5.92 Å². The van der Waals surface area contributed by atoms with Gasteiger partial charge in [0.15, 0.2) is 0 Å². The molecule has 0 bridgehead atoms. The Kier molecular flexibility index (Phi) is 29.3. The van der Waals surface area contributed by atoms with Crippen LogP contribution >= 0.6 is 0 Å². The topological polar surface area (TPSA) is 66.9 Å². The van der Waals surface area contributed by atoms with Crippen LogP contribution < -0.4 is 0 Å². The quantitative estimate of drug-likeness (QED) is 0.0525. The molecule has 0 aliphatic heterocycles. The fourth-order valence-electron chi connectivity index (χ4n) is 6.07. The summed E-state index contributed by atoms with van der Waals surface area (Å²) in [6, 6.07) is -0.316. The minimum atomic E-state index is -3.45. The van der Waals surface area contributed by atoms with E-state index in [1.54, 1.807) is 4.31 Å². The molecule has 0 spiro atoms. The van der Waals surface area contributed by atoms with Gasteiger partial charge in [-0.05, 0) is 58.7 Å². The highest BCUT2D eigenvalue weighted by atomic mass is 32.2. The highest BCUT2D eigenvalue weighted by Crippen LogP contribution is 2.23. The standard InChI is InChI=1S/C37H76N2O4S/c1-7-11-15-18-20-22-25-29-36(39(31-26-30-38(5)6)44(41,42)32-14-10-4)33-37(40)43-34-35(27-23-17-13-9-3)28-24-21-19-16-12-8-2/h35-36H,7-34H2,1-6H3. The van der Waals surface area contributed by atoms with Gasteiger partial charge in [0.2, 0.25) is 10.0 Å². The Labute approximate surface area is 275 Å². The Morgan fingerprint density at radius 1 is 0.591 bits per heavy atom. The maximum absolute atomic E-state index is 13.6. The van der Waals surface area contributed by atoms with E-state index in [1.807, 2.05) is 21.0 Å². The van der Waals surface area contributed by atoms with Gasteiger partial charge in [-0.2, -0.15) is 4.31 Å². The van der Waals surface area contributed by atoms with E-state index in [0.29, 0.717) is 25.5 Å². The molecule has 0 fully saturated rings. The van der Waals surface area contributed by atoms with E-state index in [1.165, 1.54) is 96.3 Å². The average molecular weight is 645 g/mol. The van der Waals surface area contributed by atoms with Gasteiger partial charge in [0.1, 0.15) is 0 Å². The van der Waals surface area contributed by atoms with Gasteiger partial charge in [-0.25, -0.2) is 8.42 Å². The molecule has 0 rings (SSSR count). The summed E-state index contributed by atoms with van der Waals surface area (Å²) in [5.74, 6) is 0.349. The normalized spacial score (nSPS) is 13.5. The fraction of sp³-hybridized carbons (Fsp3) is 0.973. The van der Waals surface area contributed by atoms with E-state index in [9.17, 15) is 13.2 Å². The maximum Gasteiger partial charge on any atom is 0.307 e. The van der Waals surface area contributed by atoms with Crippen molar-refractivity contribution < 1.29 is 17.9 Å². The number of sulfonamides is 1. The molecule has 0 heterocycles. The predicted molar refractivity (Wildman–Crippen MR) is 191 cm³/mol. The maximum atomic E-state index is 13.6. The zero-order valence-electron chi connectivity index (χ0n) is 30.4. The first-order valence-corrected chi connectivity index (χ1v) is 20.6. The van der Waals surface area contributed by atoms with Crippen LogP contribution in [0.4, 0.5) is 0 Å². The van der Waals surface area contributed by atoms with Crippen LogP contribution in [0.15, 0.2) is 0 Å². The Balaban J connectivity index is 5.45. The van der Waals surface area contributed by atoms with Gasteiger partial charge in [-0.1, -0.05) is 143 Å². The molecule has 0 saturated carbocycles. The van der Waals surface area contributed by atoms with E-state index < -0.39 is 10.0 Å². The van der Waals surface area contributed by atoms with Crippen molar-refractivity contribution in [2.45, 2.75) is 188 Å². The van der Waals surface area contributed by atoms with E-state index in [0.717, 1.165) is 51.5 Å². The second kappa shape index (κ2) is 29.7. The predicted octanol–water partition coefficient (Wildman–Crippen LogP) is 10.1. The minimum absolute atomic E-state index is 0.159. The highest BCUT2D eigenvalue weighted by molar-refractivity contribution is 7.89. The number of nitrogens with zero attached hydrogens (tertiary/aromatic N) is 2. The molecule has 6 nitrogen and oxygen atoms in total. The number of unbranched alkanes of at least 4 members (excludes halogenated alkanes) is 15. The second-order valence-electron chi connectivity index (χ2n) is 13.7. The number of esters is 1. The highest BCUT2D eigenvalue weighted by Gasteiger charge is 2.31. The van der Waals surface area contributed by atoms with Gasteiger partial charge in [0.25, 0.3) is 0 Å². The van der Waals surface area contributed by atoms with E-state index in [-0.39, 0.29) is 24.2 Å². The Hall–Kier alpha value is -0.660. The summed E-state index contributed by atoms with van der Waals surface area (Å²) in [6.07, 6.45) is 26.2. The minimum Gasteiger partial charge on any atom is -0.465 e. The lowest BCUT2D eigenvalue weighted by Gasteiger charge is -2.31. The molecule has 0 saturated heterocycles. The Morgan fingerprint density at radius 2 is 1.05 bits per heavy atom. The van der Waals surface area contributed by atoms with Crippen molar-refractivity contribution in [2.24, 2.45) is 5.92 Å². The summed E-state index contributed by atoms with van der Waals surface area (Å²) in [5.41, 5.74) is 0. The fourth-order valence-corrected chi connectivity index (χ4v) is 8.00. The van der Waals surface area contributed by atoms with Gasteiger partial charge >= 0.3 is 5.97 Å². The second-order valence-corrected chi connectivity index (χ2v) is 15.7. The number of carbonyl (C=O) groups is 1. The molecule has 0 aliphatic rings. The smallest absolute Gasteiger partial charge is 0.307 e. The molecule has 0 aromatic rings. The summed E-state index contributed by atoms with van der Waals surface area (Å²) in [7, 11) is 0.597. The Morgan fingerprint density at radius 3 is 1.55 bits per heavy atom. The van der Waals surface area contributed by atoms with Crippen molar-refractivity contribution in [3.8, 4) is 0 Å². The van der Waals surface area contributed by atoms with Gasteiger partial charge in [0.05, 0.1) is 18.8 Å². The number of ether oxygens (including phenoxy) is 1. The number of carbonyl (C=O) groups excluding carboxylic acids is 1. The van der Waals surface area contributed by atoms with Crippen LogP contribution in [-0.2, 0) is 19.6 Å². The van der Waals surface area contributed by atoms with Gasteiger partial charge in [-0.15, -0.1) is 0 Å². The Bertz CT molecular complexity index is 744. The molecule has 0 aromatic carbocycles. The number of rotatable bonds is 33. The van der Waals surface area contributed by atoms with Crippen molar-refractivity contribution in [3.63, 3.8) is 0 Å². The zero-order valence-corrected chi connectivity index (χ0v) is 31.2. The summed E-state index contributed by atoms with van der Waals surface area (Å²) in [4.78, 5) is 15.5. The molecule has 0 aliphatic carbocycles. The van der Waals surface area contributed by atoms with E-state index in [2.05, 4.69) is 25.7 Å². The van der Waals surface area contributed by atoms with Crippen LogP contribution in [0.3, 0.4) is 0 Å². The molecule has 264 valence electrons. The monoisotopic (exact) mass is 645 g/mol. The molecule has 0 radical (unpaired) electrons. The lowest BCUT2D eigenvalue weighted by Crippen LogP contribution is -2.44. The van der Waals surface area contributed by atoms with Crippen LogP contribution in [0.2, 0.25) is 0 Å². The number of hydrogen-bond acceptors (Lipinski definition) is 5. The molecule has 44 heavy (non-hydrogen) atoms. The first-order valence-electron chi connectivity index (χ1n) is 19.0. The average Bonchev–Trinajstić information content (AvgIpc) is 2.99. The van der Waals surface area contributed by atoms with Gasteiger partial charge in [-0.3, -0.25) is 4.79 Å². The molecular weight excluding hydrogens is 568 g/mol. The summed E-state index contributed by atoms with van der Waals surface area (Å²) in [5, 5.41) is 0. The summed E-state index contributed by atoms with van der Waals surface area (Å²) < 4.78 is 34.9. The van der Waals surface area contributed by atoms with Gasteiger partial charge < -0.3 is 9.64 Å². The molecule has 0 aromatic heterocycles. The molecule has 0 amide bonds. The van der Waals surface area contributed by atoms with E-state index >= 15 is 0 Å². The zero-order chi connectivity index (χ0) is 32.9. The van der Waals surface area contributed by atoms with Crippen molar-refractivity contribution in [1.29, 1.82) is 0 Å². The largest absolute Gasteiger partial charge is 0.465 e. The third kappa shape index (κ3) is 24.6. The SMILES string of the molecule is CCCCCCCCCC(CC(=O)OCC(CCCCCC)CCCCCCCC)N(CCCN(C)C)S(=O)(=O)CCCC. The molecule has 2 atom stereocenters. The van der Waals surface area contributed by atoms with Crippen molar-refractivity contribution >= 4 is 16.0 Å². The molecule has 2 unspecified atom stereocenters. The first kappa shape index (κ1) is 43.3. The summed E-state index contributed by atoms with van der Waals surface area (Å²) >= 11 is 0. The lowest BCUT2D eigenvalue weighted by molar-refractivity contribution is -0.146. The third-order valence-electron chi connectivity index (χ3n) is 8.96. The molecular formula is C37H76N2O4S. The summed E-state index contributed by atoms with van der Waals surface area (Å²) in [6.45, 7) is 10.5.